The van der Waals surface area contributed by atoms with E-state index in [1.165, 1.54) is 28.8 Å². The van der Waals surface area contributed by atoms with Gasteiger partial charge in [-0.2, -0.15) is 5.26 Å². The van der Waals surface area contributed by atoms with Gasteiger partial charge in [-0.1, -0.05) is 30.9 Å². The Morgan fingerprint density at radius 1 is 1.12 bits per heavy atom. The second-order valence-corrected chi connectivity index (χ2v) is 11.3. The Morgan fingerprint density at radius 3 is 2.45 bits per heavy atom. The molecule has 4 heterocycles. The van der Waals surface area contributed by atoms with Gasteiger partial charge in [0.2, 0.25) is 0 Å². The maximum absolute atomic E-state index is 13.5. The summed E-state index contributed by atoms with van der Waals surface area (Å²) in [4.78, 5) is 33.1. The molecule has 0 aliphatic carbocycles. The maximum atomic E-state index is 13.5. The Kier molecular flexibility index (Phi) is 8.09. The molecule has 0 atom stereocenters. The van der Waals surface area contributed by atoms with Crippen LogP contribution in [0.5, 0.6) is 0 Å². The first-order valence-electron chi connectivity index (χ1n) is 13.0. The van der Waals surface area contributed by atoms with Crippen molar-refractivity contribution in [2.75, 3.05) is 36.0 Å². The predicted octanol–water partition coefficient (Wildman–Crippen LogP) is 4.90. The predicted molar refractivity (Wildman–Crippen MR) is 159 cm³/mol. The molecular formula is C29H28FN5O3S2. The highest BCUT2D eigenvalue weighted by Crippen LogP contribution is 2.37. The van der Waals surface area contributed by atoms with Crippen molar-refractivity contribution in [1.82, 2.24) is 9.47 Å². The number of carbonyl (C=O) groups excluding carboxylic acids is 1. The van der Waals surface area contributed by atoms with Crippen molar-refractivity contribution >= 4 is 51.8 Å². The minimum Gasteiger partial charge on any atom is -0.467 e. The Bertz CT molecular complexity index is 1570. The topological polar surface area (TPSA) is 85.7 Å². The quantitative estimate of drug-likeness (QED) is 0.290. The van der Waals surface area contributed by atoms with Gasteiger partial charge in [0.05, 0.1) is 17.7 Å². The van der Waals surface area contributed by atoms with E-state index < -0.39 is 0 Å². The zero-order valence-corrected chi connectivity index (χ0v) is 23.9. The number of aromatic nitrogens is 1. The van der Waals surface area contributed by atoms with E-state index in [2.05, 4.69) is 15.9 Å². The molecule has 0 bridgehead atoms. The summed E-state index contributed by atoms with van der Waals surface area (Å²) in [7, 11) is 0. The number of thioether (sulfide) groups is 1. The number of anilines is 2. The Hall–Kier alpha value is -3.88. The molecule has 2 aromatic heterocycles. The van der Waals surface area contributed by atoms with Crippen LogP contribution in [-0.2, 0) is 17.9 Å². The number of thiocarbonyl (C=S) groups is 1. The Labute approximate surface area is 241 Å². The van der Waals surface area contributed by atoms with Crippen LogP contribution in [-0.4, -0.2) is 45.9 Å². The lowest BCUT2D eigenvalue weighted by Crippen LogP contribution is -2.48. The Morgan fingerprint density at radius 2 is 1.82 bits per heavy atom. The van der Waals surface area contributed by atoms with Crippen molar-refractivity contribution in [2.24, 2.45) is 0 Å². The SMILES string of the molecule is CCCn1c(N2CCN(c3ccc(F)cc3)CC2)c(/C=C2/SC(=S)N(Cc3ccco3)C2=O)c(C)c(C#N)c1=O. The van der Waals surface area contributed by atoms with Crippen molar-refractivity contribution in [2.45, 2.75) is 33.4 Å². The van der Waals surface area contributed by atoms with Gasteiger partial charge in [0.15, 0.2) is 0 Å². The molecule has 0 radical (unpaired) electrons. The molecular weight excluding hydrogens is 549 g/mol. The zero-order chi connectivity index (χ0) is 28.4. The third kappa shape index (κ3) is 5.29. The lowest BCUT2D eigenvalue weighted by Gasteiger charge is -2.39. The molecule has 11 heteroatoms. The summed E-state index contributed by atoms with van der Waals surface area (Å²) in [5.41, 5.74) is 1.87. The molecule has 2 fully saturated rings. The molecule has 2 aliphatic rings. The summed E-state index contributed by atoms with van der Waals surface area (Å²) in [6.45, 7) is 6.92. The molecule has 0 unspecified atom stereocenters. The summed E-state index contributed by atoms with van der Waals surface area (Å²) < 4.78 is 20.9. The lowest BCUT2D eigenvalue weighted by molar-refractivity contribution is -0.122. The number of pyridine rings is 1. The van der Waals surface area contributed by atoms with Crippen LogP contribution >= 0.6 is 24.0 Å². The van der Waals surface area contributed by atoms with Crippen LogP contribution in [0, 0.1) is 24.1 Å². The number of halogens is 1. The fourth-order valence-corrected chi connectivity index (χ4v) is 6.31. The van der Waals surface area contributed by atoms with E-state index in [1.807, 2.05) is 6.92 Å². The zero-order valence-electron chi connectivity index (χ0n) is 22.2. The number of hydrogen-bond acceptors (Lipinski definition) is 8. The molecule has 2 aliphatic heterocycles. The molecule has 5 rings (SSSR count). The number of hydrogen-bond donors (Lipinski definition) is 0. The number of amides is 1. The molecule has 0 N–H and O–H groups in total. The molecule has 1 amide bonds. The number of piperazine rings is 1. The smallest absolute Gasteiger partial charge is 0.270 e. The van der Waals surface area contributed by atoms with Crippen LogP contribution in [0.4, 0.5) is 15.9 Å². The van der Waals surface area contributed by atoms with E-state index in [4.69, 9.17) is 16.6 Å². The highest BCUT2D eigenvalue weighted by Gasteiger charge is 2.34. The van der Waals surface area contributed by atoms with E-state index in [0.717, 1.165) is 5.69 Å². The van der Waals surface area contributed by atoms with Gasteiger partial charge in [-0.15, -0.1) is 0 Å². The standard InChI is InChI=1S/C29H28FN5O3S2/c1-3-10-34-26(33-13-11-32(12-14-33)21-8-6-20(30)7-9-21)23(19(2)24(17-31)27(34)36)16-25-28(37)35(29(39)40-25)18-22-5-4-15-38-22/h4-9,15-16H,3,10-14,18H2,1-2H3/b25-16+. The second kappa shape index (κ2) is 11.7. The van der Waals surface area contributed by atoms with Gasteiger partial charge in [0, 0.05) is 44.0 Å². The van der Waals surface area contributed by atoms with Crippen LogP contribution in [0.25, 0.3) is 6.08 Å². The number of benzene rings is 1. The van der Waals surface area contributed by atoms with Crippen LogP contribution in [0.1, 0.15) is 35.8 Å². The minimum atomic E-state index is -0.333. The third-order valence-electron chi connectivity index (χ3n) is 7.11. The van der Waals surface area contributed by atoms with Gasteiger partial charge in [-0.25, -0.2) is 4.39 Å². The normalized spacial score (nSPS) is 16.8. The van der Waals surface area contributed by atoms with Gasteiger partial charge in [0.1, 0.15) is 33.3 Å². The molecule has 3 aromatic rings. The largest absolute Gasteiger partial charge is 0.467 e. The third-order valence-corrected chi connectivity index (χ3v) is 8.49. The van der Waals surface area contributed by atoms with Gasteiger partial charge in [-0.3, -0.25) is 19.1 Å². The van der Waals surface area contributed by atoms with E-state index in [1.54, 1.807) is 48.1 Å². The number of nitriles is 1. The van der Waals surface area contributed by atoms with Gasteiger partial charge in [-0.05, 0) is 61.4 Å². The van der Waals surface area contributed by atoms with E-state index in [-0.39, 0.29) is 29.4 Å². The fraction of sp³-hybridized carbons (Fsp3) is 0.310. The molecule has 0 spiro atoms. The van der Waals surface area contributed by atoms with Crippen LogP contribution in [0.3, 0.4) is 0 Å². The number of carbonyl (C=O) groups is 1. The highest BCUT2D eigenvalue weighted by molar-refractivity contribution is 8.26. The summed E-state index contributed by atoms with van der Waals surface area (Å²) in [5, 5.41) is 9.90. The van der Waals surface area contributed by atoms with E-state index >= 15 is 0 Å². The first kappa shape index (κ1) is 27.7. The average molecular weight is 578 g/mol. The monoisotopic (exact) mass is 577 g/mol. The minimum absolute atomic E-state index is 0.0689. The first-order chi connectivity index (χ1) is 19.3. The van der Waals surface area contributed by atoms with Gasteiger partial charge in [0.25, 0.3) is 11.5 Å². The van der Waals surface area contributed by atoms with Gasteiger partial charge >= 0.3 is 0 Å². The number of nitrogens with zero attached hydrogens (tertiary/aromatic N) is 5. The molecule has 0 saturated carbocycles. The average Bonchev–Trinajstić information content (AvgIpc) is 3.56. The van der Waals surface area contributed by atoms with Crippen molar-refractivity contribution in [3.63, 3.8) is 0 Å². The van der Waals surface area contributed by atoms with Crippen LogP contribution in [0.2, 0.25) is 0 Å². The van der Waals surface area contributed by atoms with E-state index in [9.17, 15) is 19.2 Å². The van der Waals surface area contributed by atoms with E-state index in [0.29, 0.717) is 71.1 Å². The Balaban J connectivity index is 1.54. The number of rotatable bonds is 7. The van der Waals surface area contributed by atoms with Gasteiger partial charge < -0.3 is 14.2 Å². The molecule has 8 nitrogen and oxygen atoms in total. The molecule has 206 valence electrons. The summed E-state index contributed by atoms with van der Waals surface area (Å²) >= 11 is 6.72. The molecule has 2 saturated heterocycles. The lowest BCUT2D eigenvalue weighted by atomic mass is 10.0. The van der Waals surface area contributed by atoms with Crippen molar-refractivity contribution < 1.29 is 13.6 Å². The molecule has 1 aromatic carbocycles. The fourth-order valence-electron chi connectivity index (χ4n) is 5.07. The summed E-state index contributed by atoms with van der Waals surface area (Å²) in [6, 6.07) is 12.1. The second-order valence-electron chi connectivity index (χ2n) is 9.60. The summed E-state index contributed by atoms with van der Waals surface area (Å²) in [5.74, 6) is 0.790. The number of furan rings is 1. The molecule has 40 heavy (non-hydrogen) atoms. The van der Waals surface area contributed by atoms with Crippen molar-refractivity contribution in [1.29, 1.82) is 5.26 Å². The van der Waals surface area contributed by atoms with Crippen molar-refractivity contribution in [3.05, 3.63) is 86.2 Å². The summed E-state index contributed by atoms with van der Waals surface area (Å²) in [6.07, 6.45) is 4.01. The highest BCUT2D eigenvalue weighted by atomic mass is 32.2. The maximum Gasteiger partial charge on any atom is 0.270 e. The van der Waals surface area contributed by atoms with Crippen LogP contribution in [0.15, 0.2) is 56.8 Å². The first-order valence-corrected chi connectivity index (χ1v) is 14.3. The van der Waals surface area contributed by atoms with Crippen LogP contribution < -0.4 is 15.4 Å². The van der Waals surface area contributed by atoms with Crippen molar-refractivity contribution in [3.8, 4) is 6.07 Å².